The summed E-state index contributed by atoms with van der Waals surface area (Å²) in [6.45, 7) is 1.33. The van der Waals surface area contributed by atoms with Gasteiger partial charge in [0.05, 0.1) is 4.88 Å². The van der Waals surface area contributed by atoms with Crippen LogP contribution in [0.3, 0.4) is 0 Å². The zero-order chi connectivity index (χ0) is 14.9. The molecule has 0 atom stereocenters. The third-order valence-corrected chi connectivity index (χ3v) is 3.52. The van der Waals surface area contributed by atoms with Crippen molar-refractivity contribution in [1.82, 2.24) is 10.3 Å². The van der Waals surface area contributed by atoms with Crippen molar-refractivity contribution in [2.45, 2.75) is 6.54 Å². The Bertz CT molecular complexity index is 597. The Balaban J connectivity index is 1.67. The fraction of sp³-hybridized carbons (Fsp3) is 0.200. The van der Waals surface area contributed by atoms with Gasteiger partial charge in [0.25, 0.3) is 5.91 Å². The number of amides is 1. The molecule has 0 aliphatic rings. The smallest absolute Gasteiger partial charge is 0.261 e. The maximum Gasteiger partial charge on any atom is 0.261 e. The Morgan fingerprint density at radius 2 is 2.33 bits per heavy atom. The van der Waals surface area contributed by atoms with Crippen molar-refractivity contribution in [3.63, 3.8) is 0 Å². The highest BCUT2D eigenvalue weighted by Crippen LogP contribution is 2.08. The predicted octanol–water partition coefficient (Wildman–Crippen LogP) is 1.97. The standard InChI is InChI=1S/C15H17N3O2S/c16-11-12-5-7-17-14(10-12)20-8-2-1-6-18-15(19)13-4-3-9-21-13/h1-5,7,9-10H,6,8,11,16H2,(H,18,19)/b2-1-. The summed E-state index contributed by atoms with van der Waals surface area (Å²) in [4.78, 5) is 16.4. The molecular formula is C15H17N3O2S. The van der Waals surface area contributed by atoms with E-state index in [0.717, 1.165) is 5.56 Å². The van der Waals surface area contributed by atoms with Crippen molar-refractivity contribution in [2.75, 3.05) is 13.2 Å². The summed E-state index contributed by atoms with van der Waals surface area (Å²) in [6, 6.07) is 7.31. The summed E-state index contributed by atoms with van der Waals surface area (Å²) in [6.07, 6.45) is 5.35. The molecule has 0 aliphatic heterocycles. The van der Waals surface area contributed by atoms with E-state index in [-0.39, 0.29) is 5.91 Å². The summed E-state index contributed by atoms with van der Waals surface area (Å²) in [5.74, 6) is 0.484. The minimum absolute atomic E-state index is 0.0621. The van der Waals surface area contributed by atoms with E-state index in [1.165, 1.54) is 11.3 Å². The molecule has 21 heavy (non-hydrogen) atoms. The third kappa shape index (κ3) is 5.02. The fourth-order valence-corrected chi connectivity index (χ4v) is 2.23. The Labute approximate surface area is 127 Å². The van der Waals surface area contributed by atoms with Gasteiger partial charge in [-0.3, -0.25) is 4.79 Å². The maximum atomic E-state index is 11.6. The van der Waals surface area contributed by atoms with E-state index in [0.29, 0.717) is 30.5 Å². The number of pyridine rings is 1. The minimum Gasteiger partial charge on any atom is -0.473 e. The number of nitrogens with zero attached hydrogens (tertiary/aromatic N) is 1. The lowest BCUT2D eigenvalue weighted by atomic mass is 10.3. The highest BCUT2D eigenvalue weighted by Gasteiger charge is 2.03. The Morgan fingerprint density at radius 3 is 3.10 bits per heavy atom. The molecule has 6 heteroatoms. The SMILES string of the molecule is NCc1ccnc(OC/C=C\CNC(=O)c2cccs2)c1. The molecule has 3 N–H and O–H groups in total. The quantitative estimate of drug-likeness (QED) is 0.767. The Kier molecular flexibility index (Phi) is 5.93. The van der Waals surface area contributed by atoms with Gasteiger partial charge in [-0.25, -0.2) is 4.98 Å². The Hall–Kier alpha value is -2.18. The van der Waals surface area contributed by atoms with Gasteiger partial charge in [0.1, 0.15) is 6.61 Å². The lowest BCUT2D eigenvalue weighted by Gasteiger charge is -2.03. The molecule has 2 aromatic rings. The summed E-state index contributed by atoms with van der Waals surface area (Å²) < 4.78 is 5.46. The summed E-state index contributed by atoms with van der Waals surface area (Å²) in [7, 11) is 0. The molecule has 0 saturated heterocycles. The van der Waals surface area contributed by atoms with Crippen LogP contribution in [0.4, 0.5) is 0 Å². The monoisotopic (exact) mass is 303 g/mol. The lowest BCUT2D eigenvalue weighted by molar-refractivity contribution is 0.0962. The molecule has 0 unspecified atom stereocenters. The topological polar surface area (TPSA) is 77.2 Å². The molecule has 2 rings (SSSR count). The molecule has 2 heterocycles. The van der Waals surface area contributed by atoms with Crippen molar-refractivity contribution in [3.8, 4) is 5.88 Å². The van der Waals surface area contributed by atoms with Crippen LogP contribution in [0.2, 0.25) is 0 Å². The van der Waals surface area contributed by atoms with Crippen LogP contribution in [0.1, 0.15) is 15.2 Å². The number of rotatable bonds is 7. The molecule has 1 amide bonds. The summed E-state index contributed by atoms with van der Waals surface area (Å²) in [5.41, 5.74) is 6.52. The van der Waals surface area contributed by atoms with E-state index in [2.05, 4.69) is 10.3 Å². The lowest BCUT2D eigenvalue weighted by Crippen LogP contribution is -2.22. The van der Waals surface area contributed by atoms with Gasteiger partial charge in [0, 0.05) is 25.4 Å². The van der Waals surface area contributed by atoms with Crippen LogP contribution in [0.15, 0.2) is 48.0 Å². The van der Waals surface area contributed by atoms with Crippen molar-refractivity contribution in [1.29, 1.82) is 0 Å². The Morgan fingerprint density at radius 1 is 1.43 bits per heavy atom. The van der Waals surface area contributed by atoms with Gasteiger partial charge in [-0.2, -0.15) is 0 Å². The molecule has 0 fully saturated rings. The number of nitrogens with two attached hydrogens (primary N) is 1. The number of nitrogens with one attached hydrogen (secondary N) is 1. The van der Waals surface area contributed by atoms with Crippen LogP contribution in [0, 0.1) is 0 Å². The van der Waals surface area contributed by atoms with E-state index in [1.54, 1.807) is 12.3 Å². The molecule has 0 aromatic carbocycles. The number of carbonyl (C=O) groups excluding carboxylic acids is 1. The average molecular weight is 303 g/mol. The van der Waals surface area contributed by atoms with E-state index in [4.69, 9.17) is 10.5 Å². The first kappa shape index (κ1) is 15.2. The van der Waals surface area contributed by atoms with Crippen molar-refractivity contribution >= 4 is 17.2 Å². The minimum atomic E-state index is -0.0621. The van der Waals surface area contributed by atoms with E-state index in [1.807, 2.05) is 35.7 Å². The molecule has 0 saturated carbocycles. The first-order valence-electron chi connectivity index (χ1n) is 6.54. The van der Waals surface area contributed by atoms with Crippen LogP contribution in [0.25, 0.3) is 0 Å². The second-order valence-corrected chi connectivity index (χ2v) is 5.12. The van der Waals surface area contributed by atoms with Crippen LogP contribution in [0.5, 0.6) is 5.88 Å². The van der Waals surface area contributed by atoms with Crippen LogP contribution < -0.4 is 15.8 Å². The van der Waals surface area contributed by atoms with Gasteiger partial charge < -0.3 is 15.8 Å². The average Bonchev–Trinajstić information content (AvgIpc) is 3.05. The van der Waals surface area contributed by atoms with Crippen molar-refractivity contribution in [2.24, 2.45) is 5.73 Å². The first-order valence-corrected chi connectivity index (χ1v) is 7.42. The van der Waals surface area contributed by atoms with Crippen molar-refractivity contribution in [3.05, 3.63) is 58.4 Å². The second-order valence-electron chi connectivity index (χ2n) is 4.18. The summed E-state index contributed by atoms with van der Waals surface area (Å²) >= 11 is 1.42. The van der Waals surface area contributed by atoms with Gasteiger partial charge in [0.2, 0.25) is 5.88 Å². The highest BCUT2D eigenvalue weighted by molar-refractivity contribution is 7.12. The highest BCUT2D eigenvalue weighted by atomic mass is 32.1. The molecule has 5 nitrogen and oxygen atoms in total. The van der Waals surface area contributed by atoms with Crippen LogP contribution in [-0.4, -0.2) is 24.0 Å². The zero-order valence-corrected chi connectivity index (χ0v) is 12.3. The van der Waals surface area contributed by atoms with Gasteiger partial charge in [0.15, 0.2) is 0 Å². The molecule has 0 spiro atoms. The number of carbonyl (C=O) groups is 1. The molecular weight excluding hydrogens is 286 g/mol. The van der Waals surface area contributed by atoms with Crippen molar-refractivity contribution < 1.29 is 9.53 Å². The molecule has 0 radical (unpaired) electrons. The number of hydrogen-bond donors (Lipinski definition) is 2. The summed E-state index contributed by atoms with van der Waals surface area (Å²) in [5, 5.41) is 4.67. The van der Waals surface area contributed by atoms with Gasteiger partial charge >= 0.3 is 0 Å². The zero-order valence-electron chi connectivity index (χ0n) is 11.5. The largest absolute Gasteiger partial charge is 0.473 e. The molecule has 2 aromatic heterocycles. The van der Waals surface area contributed by atoms with Gasteiger partial charge in [-0.15, -0.1) is 11.3 Å². The predicted molar refractivity (Wildman–Crippen MR) is 83.4 cm³/mol. The number of aromatic nitrogens is 1. The van der Waals surface area contributed by atoms with E-state index >= 15 is 0 Å². The maximum absolute atomic E-state index is 11.6. The number of thiophene rings is 1. The van der Waals surface area contributed by atoms with E-state index < -0.39 is 0 Å². The number of ether oxygens (including phenoxy) is 1. The van der Waals surface area contributed by atoms with Crippen LogP contribution in [-0.2, 0) is 6.54 Å². The molecule has 0 aliphatic carbocycles. The second kappa shape index (κ2) is 8.18. The molecule has 110 valence electrons. The normalized spacial score (nSPS) is 10.7. The van der Waals surface area contributed by atoms with E-state index in [9.17, 15) is 4.79 Å². The fourth-order valence-electron chi connectivity index (χ4n) is 1.59. The third-order valence-electron chi connectivity index (χ3n) is 2.65. The molecule has 0 bridgehead atoms. The van der Waals surface area contributed by atoms with Gasteiger partial charge in [-0.1, -0.05) is 12.1 Å². The van der Waals surface area contributed by atoms with Crippen LogP contribution >= 0.6 is 11.3 Å². The first-order chi connectivity index (χ1) is 10.3. The number of hydrogen-bond acceptors (Lipinski definition) is 5. The van der Waals surface area contributed by atoms with Gasteiger partial charge in [-0.05, 0) is 29.2 Å².